The van der Waals surface area contributed by atoms with Crippen LogP contribution < -0.4 is 5.73 Å². The highest BCUT2D eigenvalue weighted by atomic mass is 79.9. The third-order valence-electron chi connectivity index (χ3n) is 3.18. The van der Waals surface area contributed by atoms with Gasteiger partial charge in [-0.15, -0.1) is 0 Å². The Morgan fingerprint density at radius 3 is 2.43 bits per heavy atom. The number of hydrogen-bond acceptors (Lipinski definition) is 3. The van der Waals surface area contributed by atoms with Gasteiger partial charge in [0.2, 0.25) is 0 Å². The van der Waals surface area contributed by atoms with Crippen molar-refractivity contribution >= 4 is 37.7 Å². The maximum atomic E-state index is 6.20. The minimum absolute atomic E-state index is 0.620. The molecule has 0 fully saturated rings. The van der Waals surface area contributed by atoms with Crippen LogP contribution in [0.3, 0.4) is 0 Å². The molecule has 106 valence electrons. The van der Waals surface area contributed by atoms with Crippen LogP contribution in [0.25, 0.3) is 22.4 Å². The first kappa shape index (κ1) is 14.3. The molecule has 1 aromatic carbocycles. The van der Waals surface area contributed by atoms with Crippen LogP contribution in [0.4, 0.5) is 5.82 Å². The Kier molecular flexibility index (Phi) is 3.82. The minimum Gasteiger partial charge on any atom is -0.383 e. The predicted molar refractivity (Wildman–Crippen MR) is 91.7 cm³/mol. The molecular formula is C15H12Br2N4. The van der Waals surface area contributed by atoms with Gasteiger partial charge in [-0.2, -0.15) is 5.10 Å². The zero-order valence-electron chi connectivity index (χ0n) is 11.2. The van der Waals surface area contributed by atoms with Crippen molar-refractivity contribution in [2.45, 2.75) is 0 Å². The number of anilines is 1. The van der Waals surface area contributed by atoms with Gasteiger partial charge in [-0.3, -0.25) is 9.67 Å². The number of rotatable bonds is 2. The second-order valence-electron chi connectivity index (χ2n) is 4.63. The van der Waals surface area contributed by atoms with Gasteiger partial charge in [-0.05, 0) is 24.3 Å². The van der Waals surface area contributed by atoms with E-state index in [2.05, 4.69) is 41.9 Å². The molecule has 0 radical (unpaired) electrons. The van der Waals surface area contributed by atoms with Crippen LogP contribution >= 0.6 is 31.9 Å². The van der Waals surface area contributed by atoms with E-state index in [-0.39, 0.29) is 0 Å². The first-order chi connectivity index (χ1) is 10.1. The molecule has 0 bridgehead atoms. The summed E-state index contributed by atoms with van der Waals surface area (Å²) in [6.07, 6.45) is 3.54. The van der Waals surface area contributed by atoms with Crippen LogP contribution in [0.15, 0.2) is 51.7 Å². The van der Waals surface area contributed by atoms with Crippen molar-refractivity contribution in [3.8, 4) is 22.4 Å². The summed E-state index contributed by atoms with van der Waals surface area (Å²) in [5.41, 5.74) is 9.88. The van der Waals surface area contributed by atoms with Crippen molar-refractivity contribution in [3.05, 3.63) is 51.7 Å². The molecule has 2 heterocycles. The Morgan fingerprint density at radius 2 is 1.81 bits per heavy atom. The molecule has 0 spiro atoms. The summed E-state index contributed by atoms with van der Waals surface area (Å²) in [5.74, 6) is 0.620. The largest absolute Gasteiger partial charge is 0.383 e. The minimum atomic E-state index is 0.620. The molecule has 0 aliphatic heterocycles. The Bertz CT molecular complexity index is 777. The maximum absolute atomic E-state index is 6.20. The molecule has 0 atom stereocenters. The summed E-state index contributed by atoms with van der Waals surface area (Å²) in [6.45, 7) is 0. The Hall–Kier alpha value is -1.66. The molecule has 2 aromatic heterocycles. The van der Waals surface area contributed by atoms with E-state index in [4.69, 9.17) is 5.73 Å². The molecule has 3 aromatic rings. The second kappa shape index (κ2) is 5.61. The SMILES string of the molecule is Cn1nc(-c2cc(Br)cc(Br)c2)c(-c2cccnc2)c1N. The Balaban J connectivity index is 2.26. The topological polar surface area (TPSA) is 56.7 Å². The average Bonchev–Trinajstić information content (AvgIpc) is 2.75. The summed E-state index contributed by atoms with van der Waals surface area (Å²) >= 11 is 7.02. The molecule has 2 N–H and O–H groups in total. The average molecular weight is 408 g/mol. The summed E-state index contributed by atoms with van der Waals surface area (Å²) in [4.78, 5) is 4.17. The van der Waals surface area contributed by atoms with Gasteiger partial charge < -0.3 is 5.73 Å². The zero-order chi connectivity index (χ0) is 15.0. The van der Waals surface area contributed by atoms with Crippen LogP contribution in [0, 0.1) is 0 Å². The van der Waals surface area contributed by atoms with Gasteiger partial charge in [0, 0.05) is 39.5 Å². The smallest absolute Gasteiger partial charge is 0.129 e. The number of nitrogens with two attached hydrogens (primary N) is 1. The van der Waals surface area contributed by atoms with Crippen molar-refractivity contribution < 1.29 is 0 Å². The van der Waals surface area contributed by atoms with Crippen LogP contribution in [-0.2, 0) is 7.05 Å². The molecule has 0 aliphatic carbocycles. The summed E-state index contributed by atoms with van der Waals surface area (Å²) < 4.78 is 3.65. The number of pyridine rings is 1. The van der Waals surface area contributed by atoms with Crippen molar-refractivity contribution in [2.75, 3.05) is 5.73 Å². The van der Waals surface area contributed by atoms with Gasteiger partial charge in [0.1, 0.15) is 11.5 Å². The number of aromatic nitrogens is 3. The van der Waals surface area contributed by atoms with Crippen molar-refractivity contribution in [1.29, 1.82) is 0 Å². The highest BCUT2D eigenvalue weighted by molar-refractivity contribution is 9.11. The normalized spacial score (nSPS) is 10.8. The van der Waals surface area contributed by atoms with E-state index >= 15 is 0 Å². The lowest BCUT2D eigenvalue weighted by atomic mass is 10.0. The summed E-state index contributed by atoms with van der Waals surface area (Å²) in [5, 5.41) is 4.56. The fourth-order valence-electron chi connectivity index (χ4n) is 2.22. The van der Waals surface area contributed by atoms with Gasteiger partial charge in [-0.25, -0.2) is 0 Å². The molecule has 0 aliphatic rings. The zero-order valence-corrected chi connectivity index (χ0v) is 14.4. The lowest BCUT2D eigenvalue weighted by Crippen LogP contribution is -1.98. The van der Waals surface area contributed by atoms with Gasteiger partial charge in [0.15, 0.2) is 0 Å². The van der Waals surface area contributed by atoms with E-state index in [0.717, 1.165) is 31.3 Å². The highest BCUT2D eigenvalue weighted by Gasteiger charge is 2.18. The molecule has 4 nitrogen and oxygen atoms in total. The molecule has 21 heavy (non-hydrogen) atoms. The first-order valence-corrected chi connectivity index (χ1v) is 7.84. The second-order valence-corrected chi connectivity index (χ2v) is 6.46. The number of benzene rings is 1. The van der Waals surface area contributed by atoms with Crippen molar-refractivity contribution in [3.63, 3.8) is 0 Å². The molecule has 3 rings (SSSR count). The van der Waals surface area contributed by atoms with E-state index < -0.39 is 0 Å². The number of aryl methyl sites for hydroxylation is 1. The highest BCUT2D eigenvalue weighted by Crippen LogP contribution is 2.37. The Labute approximate surface area is 139 Å². The van der Waals surface area contributed by atoms with Crippen LogP contribution in [-0.4, -0.2) is 14.8 Å². The summed E-state index contributed by atoms with van der Waals surface area (Å²) in [7, 11) is 1.84. The van der Waals surface area contributed by atoms with Crippen LogP contribution in [0.2, 0.25) is 0 Å². The monoisotopic (exact) mass is 406 g/mol. The first-order valence-electron chi connectivity index (χ1n) is 6.25. The van der Waals surface area contributed by atoms with E-state index in [1.54, 1.807) is 17.1 Å². The fraction of sp³-hybridized carbons (Fsp3) is 0.0667. The third kappa shape index (κ3) is 2.73. The molecular weight excluding hydrogens is 396 g/mol. The van der Waals surface area contributed by atoms with Crippen LogP contribution in [0.5, 0.6) is 0 Å². The van der Waals surface area contributed by atoms with Crippen molar-refractivity contribution in [2.24, 2.45) is 7.05 Å². The van der Waals surface area contributed by atoms with E-state index in [0.29, 0.717) is 5.82 Å². The maximum Gasteiger partial charge on any atom is 0.129 e. The van der Waals surface area contributed by atoms with Crippen LogP contribution in [0.1, 0.15) is 0 Å². The predicted octanol–water partition coefficient (Wildman–Crippen LogP) is 4.26. The number of nitrogen functional groups attached to an aromatic ring is 1. The van der Waals surface area contributed by atoms with E-state index in [9.17, 15) is 0 Å². The molecule has 0 unspecified atom stereocenters. The molecule has 0 amide bonds. The quantitative estimate of drug-likeness (QED) is 0.690. The Morgan fingerprint density at radius 1 is 1.10 bits per heavy atom. The standard InChI is InChI=1S/C15H12Br2N4/c1-21-15(18)13(9-3-2-4-19-8-9)14(20-21)10-5-11(16)7-12(17)6-10/h2-8H,18H2,1H3. The summed E-state index contributed by atoms with van der Waals surface area (Å²) in [6, 6.07) is 9.90. The van der Waals surface area contributed by atoms with Gasteiger partial charge >= 0.3 is 0 Å². The van der Waals surface area contributed by atoms with E-state index in [1.807, 2.05) is 37.4 Å². The van der Waals surface area contributed by atoms with Gasteiger partial charge in [0.25, 0.3) is 0 Å². The lowest BCUT2D eigenvalue weighted by molar-refractivity contribution is 0.782. The molecule has 0 saturated carbocycles. The number of nitrogens with zero attached hydrogens (tertiary/aromatic N) is 3. The fourth-order valence-corrected chi connectivity index (χ4v) is 3.52. The number of halogens is 2. The van der Waals surface area contributed by atoms with E-state index in [1.165, 1.54) is 0 Å². The number of hydrogen-bond donors (Lipinski definition) is 1. The third-order valence-corrected chi connectivity index (χ3v) is 4.09. The molecule has 6 heteroatoms. The van der Waals surface area contributed by atoms with Gasteiger partial charge in [0.05, 0.1) is 5.56 Å². The molecule has 0 saturated heterocycles. The van der Waals surface area contributed by atoms with Crippen molar-refractivity contribution in [1.82, 2.24) is 14.8 Å². The van der Waals surface area contributed by atoms with Gasteiger partial charge in [-0.1, -0.05) is 37.9 Å². The lowest BCUT2D eigenvalue weighted by Gasteiger charge is -2.05.